The van der Waals surface area contributed by atoms with E-state index in [1.54, 1.807) is 19.3 Å². The van der Waals surface area contributed by atoms with Gasteiger partial charge < -0.3 is 15.4 Å². The van der Waals surface area contributed by atoms with Crippen LogP contribution in [0.15, 0.2) is 47.6 Å². The molecule has 0 aliphatic heterocycles. The Bertz CT molecular complexity index is 669. The Morgan fingerprint density at radius 2 is 1.84 bits per heavy atom. The van der Waals surface area contributed by atoms with Crippen molar-refractivity contribution in [2.75, 3.05) is 13.6 Å². The normalized spacial score (nSPS) is 11.5. The Labute approximate surface area is 154 Å². The van der Waals surface area contributed by atoms with E-state index in [0.29, 0.717) is 11.7 Å². The van der Waals surface area contributed by atoms with Gasteiger partial charge >= 0.3 is 0 Å². The molecule has 0 bridgehead atoms. The second-order valence-electron chi connectivity index (χ2n) is 5.90. The first kappa shape index (κ1) is 19.1. The van der Waals surface area contributed by atoms with Gasteiger partial charge in [0.2, 0.25) is 0 Å². The highest BCUT2D eigenvalue weighted by atomic mass is 35.5. The summed E-state index contributed by atoms with van der Waals surface area (Å²) in [5, 5.41) is 7.11. The van der Waals surface area contributed by atoms with Gasteiger partial charge in [-0.1, -0.05) is 29.8 Å². The molecule has 1 aromatic carbocycles. The summed E-state index contributed by atoms with van der Waals surface area (Å²) in [6, 6.07) is 11.9. The van der Waals surface area contributed by atoms with Crippen LogP contribution in [0.25, 0.3) is 0 Å². The van der Waals surface area contributed by atoms with Crippen LogP contribution in [0.5, 0.6) is 5.75 Å². The lowest BCUT2D eigenvalue weighted by Gasteiger charge is -2.13. The van der Waals surface area contributed by atoms with Crippen LogP contribution < -0.4 is 15.4 Å². The molecule has 2 rings (SSSR count). The van der Waals surface area contributed by atoms with Crippen molar-refractivity contribution in [1.82, 2.24) is 15.6 Å². The van der Waals surface area contributed by atoms with E-state index in [4.69, 9.17) is 16.3 Å². The van der Waals surface area contributed by atoms with Crippen LogP contribution in [0.4, 0.5) is 0 Å². The van der Waals surface area contributed by atoms with Gasteiger partial charge in [-0.15, -0.1) is 0 Å². The van der Waals surface area contributed by atoms with Gasteiger partial charge in [0.1, 0.15) is 10.9 Å². The minimum Gasteiger partial charge on any atom is -0.491 e. The van der Waals surface area contributed by atoms with E-state index >= 15 is 0 Å². The molecule has 0 aliphatic rings. The zero-order valence-corrected chi connectivity index (χ0v) is 15.7. The Balaban J connectivity index is 1.75. The second-order valence-corrected chi connectivity index (χ2v) is 6.29. The number of aromatic nitrogens is 1. The number of nitrogens with one attached hydrogen (secondary N) is 2. The van der Waals surface area contributed by atoms with Crippen LogP contribution in [0, 0.1) is 0 Å². The van der Waals surface area contributed by atoms with Gasteiger partial charge in [-0.25, -0.2) is 4.98 Å². The quantitative estimate of drug-likeness (QED) is 0.451. The molecule has 1 heterocycles. The summed E-state index contributed by atoms with van der Waals surface area (Å²) in [6.45, 7) is 5.50. The predicted molar refractivity (Wildman–Crippen MR) is 103 cm³/mol. The standard InChI is InChI=1S/C19H25ClN4O/c1-14(2)25-17-7-4-15(5-8-17)13-24-19(21-3)22-11-10-16-6-9-18(20)23-12-16/h4-9,12,14H,10-11,13H2,1-3H3,(H2,21,22,24). The average Bonchev–Trinajstić information content (AvgIpc) is 2.60. The van der Waals surface area contributed by atoms with Crippen molar-refractivity contribution in [3.8, 4) is 5.75 Å². The fourth-order valence-electron chi connectivity index (χ4n) is 2.24. The third-order valence-electron chi connectivity index (χ3n) is 3.47. The van der Waals surface area contributed by atoms with Gasteiger partial charge in [-0.2, -0.15) is 0 Å². The molecule has 25 heavy (non-hydrogen) atoms. The molecule has 0 aliphatic carbocycles. The lowest BCUT2D eigenvalue weighted by molar-refractivity contribution is 0.242. The molecule has 2 aromatic rings. The maximum atomic E-state index is 5.79. The monoisotopic (exact) mass is 360 g/mol. The molecule has 5 nitrogen and oxygen atoms in total. The molecule has 0 spiro atoms. The van der Waals surface area contributed by atoms with Crippen molar-refractivity contribution in [3.05, 3.63) is 58.9 Å². The van der Waals surface area contributed by atoms with Gasteiger partial charge in [-0.3, -0.25) is 4.99 Å². The Morgan fingerprint density at radius 1 is 1.12 bits per heavy atom. The van der Waals surface area contributed by atoms with E-state index in [0.717, 1.165) is 30.2 Å². The highest BCUT2D eigenvalue weighted by molar-refractivity contribution is 6.29. The number of rotatable bonds is 7. The predicted octanol–water partition coefficient (Wildman–Crippen LogP) is 3.43. The summed E-state index contributed by atoms with van der Waals surface area (Å²) in [5.74, 6) is 1.65. The number of guanidine groups is 1. The van der Waals surface area contributed by atoms with Gasteiger partial charge in [0, 0.05) is 26.3 Å². The molecule has 2 N–H and O–H groups in total. The van der Waals surface area contributed by atoms with Crippen LogP contribution in [0.3, 0.4) is 0 Å². The maximum absolute atomic E-state index is 5.79. The molecule has 0 saturated carbocycles. The molecule has 0 amide bonds. The lowest BCUT2D eigenvalue weighted by Crippen LogP contribution is -2.37. The lowest BCUT2D eigenvalue weighted by atomic mass is 10.2. The molecule has 0 radical (unpaired) electrons. The first-order valence-electron chi connectivity index (χ1n) is 8.37. The second kappa shape index (κ2) is 9.89. The fraction of sp³-hybridized carbons (Fsp3) is 0.368. The average molecular weight is 361 g/mol. The smallest absolute Gasteiger partial charge is 0.191 e. The molecule has 0 unspecified atom stereocenters. The van der Waals surface area contributed by atoms with E-state index in [2.05, 4.69) is 32.7 Å². The molecule has 0 saturated heterocycles. The molecular weight excluding hydrogens is 336 g/mol. The SMILES string of the molecule is CN=C(NCCc1ccc(Cl)nc1)NCc1ccc(OC(C)C)cc1. The van der Waals surface area contributed by atoms with Gasteiger partial charge in [0.05, 0.1) is 6.10 Å². The van der Waals surface area contributed by atoms with E-state index < -0.39 is 0 Å². The third kappa shape index (κ3) is 7.01. The van der Waals surface area contributed by atoms with Crippen LogP contribution in [0.1, 0.15) is 25.0 Å². The van der Waals surface area contributed by atoms with Crippen LogP contribution in [-0.2, 0) is 13.0 Å². The zero-order chi connectivity index (χ0) is 18.1. The Morgan fingerprint density at radius 3 is 2.44 bits per heavy atom. The van der Waals surface area contributed by atoms with Gasteiger partial charge in [0.15, 0.2) is 5.96 Å². The first-order chi connectivity index (χ1) is 12.1. The molecule has 0 atom stereocenters. The Kier molecular flexibility index (Phi) is 7.54. The number of halogens is 1. The van der Waals surface area contributed by atoms with Gasteiger partial charge in [0.25, 0.3) is 0 Å². The topological polar surface area (TPSA) is 58.5 Å². The molecule has 134 valence electrons. The highest BCUT2D eigenvalue weighted by Gasteiger charge is 2.01. The van der Waals surface area contributed by atoms with Crippen LogP contribution in [0.2, 0.25) is 5.15 Å². The van der Waals surface area contributed by atoms with Gasteiger partial charge in [-0.05, 0) is 49.6 Å². The molecule has 6 heteroatoms. The van der Waals surface area contributed by atoms with E-state index in [1.807, 2.05) is 32.0 Å². The van der Waals surface area contributed by atoms with Crippen molar-refractivity contribution in [2.24, 2.45) is 4.99 Å². The summed E-state index contributed by atoms with van der Waals surface area (Å²) in [7, 11) is 1.76. The number of aliphatic imine (C=N–C) groups is 1. The Hall–Kier alpha value is -2.27. The summed E-state index contributed by atoms with van der Waals surface area (Å²) in [5.41, 5.74) is 2.30. The van der Waals surface area contributed by atoms with Crippen molar-refractivity contribution < 1.29 is 4.74 Å². The number of ether oxygens (including phenoxy) is 1. The van der Waals surface area contributed by atoms with Crippen molar-refractivity contribution >= 4 is 17.6 Å². The van der Waals surface area contributed by atoms with Crippen molar-refractivity contribution in [1.29, 1.82) is 0 Å². The number of hydrogen-bond donors (Lipinski definition) is 2. The number of benzene rings is 1. The largest absolute Gasteiger partial charge is 0.491 e. The fourth-order valence-corrected chi connectivity index (χ4v) is 2.36. The van der Waals surface area contributed by atoms with Crippen molar-refractivity contribution in [2.45, 2.75) is 32.9 Å². The van der Waals surface area contributed by atoms with Crippen molar-refractivity contribution in [3.63, 3.8) is 0 Å². The van der Waals surface area contributed by atoms with E-state index in [1.165, 1.54) is 5.56 Å². The third-order valence-corrected chi connectivity index (χ3v) is 3.70. The van der Waals surface area contributed by atoms with E-state index in [9.17, 15) is 0 Å². The summed E-state index contributed by atoms with van der Waals surface area (Å²) >= 11 is 5.79. The summed E-state index contributed by atoms with van der Waals surface area (Å²) in [4.78, 5) is 8.32. The highest BCUT2D eigenvalue weighted by Crippen LogP contribution is 2.13. The first-order valence-corrected chi connectivity index (χ1v) is 8.75. The molecular formula is C19H25ClN4O. The summed E-state index contributed by atoms with van der Waals surface area (Å²) < 4.78 is 5.65. The summed E-state index contributed by atoms with van der Waals surface area (Å²) in [6.07, 6.45) is 2.83. The minimum absolute atomic E-state index is 0.183. The number of nitrogens with zero attached hydrogens (tertiary/aromatic N) is 2. The maximum Gasteiger partial charge on any atom is 0.191 e. The molecule has 0 fully saturated rings. The number of pyridine rings is 1. The zero-order valence-electron chi connectivity index (χ0n) is 14.9. The van der Waals surface area contributed by atoms with E-state index in [-0.39, 0.29) is 6.10 Å². The molecule has 1 aromatic heterocycles. The minimum atomic E-state index is 0.183. The van der Waals surface area contributed by atoms with Crippen LogP contribution in [-0.4, -0.2) is 30.6 Å². The number of hydrogen-bond acceptors (Lipinski definition) is 3. The van der Waals surface area contributed by atoms with Crippen LogP contribution >= 0.6 is 11.6 Å².